The van der Waals surface area contributed by atoms with Crippen LogP contribution in [0.15, 0.2) is 11.2 Å². The lowest BCUT2D eigenvalue weighted by Crippen LogP contribution is -2.27. The molecular weight excluding hydrogens is 280 g/mol. The molecule has 108 valence electrons. The van der Waals surface area contributed by atoms with Crippen molar-refractivity contribution in [1.29, 1.82) is 0 Å². The number of aromatic nitrogens is 4. The number of thioether (sulfide) groups is 1. The van der Waals surface area contributed by atoms with Crippen molar-refractivity contribution in [3.63, 3.8) is 0 Å². The van der Waals surface area contributed by atoms with Gasteiger partial charge in [0.15, 0.2) is 5.65 Å². The van der Waals surface area contributed by atoms with Crippen LogP contribution in [0.3, 0.4) is 0 Å². The molecule has 2 aromatic heterocycles. The smallest absolute Gasteiger partial charge is 0.376 e. The molecule has 7 nitrogen and oxygen atoms in total. The fourth-order valence-corrected chi connectivity index (χ4v) is 2.29. The summed E-state index contributed by atoms with van der Waals surface area (Å²) in [6, 6.07) is 0. The third-order valence-corrected chi connectivity index (χ3v) is 3.26. The summed E-state index contributed by atoms with van der Waals surface area (Å²) >= 11 is 1.40. The summed E-state index contributed by atoms with van der Waals surface area (Å²) in [7, 11) is 1.28. The van der Waals surface area contributed by atoms with E-state index in [1.54, 1.807) is 24.7 Å². The van der Waals surface area contributed by atoms with Gasteiger partial charge in [-0.1, -0.05) is 0 Å². The number of aliphatic hydroxyl groups is 1. The Hall–Kier alpha value is -1.67. The van der Waals surface area contributed by atoms with Gasteiger partial charge in [0, 0.05) is 0 Å². The Morgan fingerprint density at radius 1 is 1.50 bits per heavy atom. The molecule has 0 fully saturated rings. The van der Waals surface area contributed by atoms with Crippen LogP contribution in [-0.2, 0) is 11.3 Å². The van der Waals surface area contributed by atoms with Gasteiger partial charge in [-0.15, -0.1) is 11.8 Å². The molecule has 2 rings (SSSR count). The number of methoxy groups -OCH3 is 1. The van der Waals surface area contributed by atoms with Crippen molar-refractivity contribution in [2.75, 3.05) is 13.4 Å². The van der Waals surface area contributed by atoms with Gasteiger partial charge in [-0.2, -0.15) is 5.10 Å². The summed E-state index contributed by atoms with van der Waals surface area (Å²) < 4.78 is 6.21. The Morgan fingerprint density at radius 2 is 2.20 bits per heavy atom. The first-order valence-electron chi connectivity index (χ1n) is 5.94. The van der Waals surface area contributed by atoms with Crippen LogP contribution in [0, 0.1) is 0 Å². The molecule has 0 spiro atoms. The lowest BCUT2D eigenvalue weighted by atomic mass is 10.1. The molecule has 0 unspecified atom stereocenters. The first kappa shape index (κ1) is 14.7. The first-order chi connectivity index (χ1) is 9.35. The van der Waals surface area contributed by atoms with E-state index in [0.717, 1.165) is 5.39 Å². The van der Waals surface area contributed by atoms with E-state index < -0.39 is 11.6 Å². The Labute approximate surface area is 120 Å². The fraction of sp³-hybridized carbons (Fsp3) is 0.500. The highest BCUT2D eigenvalue weighted by atomic mass is 32.2. The molecule has 8 heteroatoms. The van der Waals surface area contributed by atoms with Crippen LogP contribution in [0.2, 0.25) is 0 Å². The van der Waals surface area contributed by atoms with Crippen molar-refractivity contribution in [3.05, 3.63) is 12.0 Å². The van der Waals surface area contributed by atoms with E-state index in [-0.39, 0.29) is 12.4 Å². The maximum absolute atomic E-state index is 11.6. The van der Waals surface area contributed by atoms with Gasteiger partial charge in [-0.3, -0.25) is 0 Å². The number of hydrogen-bond acceptors (Lipinski definition) is 7. The van der Waals surface area contributed by atoms with E-state index in [0.29, 0.717) is 10.7 Å². The SMILES string of the molecule is COC(=O)c1nc(SC)c2cnn(CC(C)(C)O)c2n1. The van der Waals surface area contributed by atoms with Crippen molar-refractivity contribution in [1.82, 2.24) is 19.7 Å². The minimum atomic E-state index is -0.936. The molecule has 20 heavy (non-hydrogen) atoms. The Bertz CT molecular complexity index is 648. The second kappa shape index (κ2) is 5.37. The zero-order chi connectivity index (χ0) is 14.9. The van der Waals surface area contributed by atoms with Crippen LogP contribution < -0.4 is 0 Å². The topological polar surface area (TPSA) is 90.1 Å². The van der Waals surface area contributed by atoms with E-state index in [1.165, 1.54) is 18.9 Å². The van der Waals surface area contributed by atoms with Crippen LogP contribution in [-0.4, -0.2) is 49.8 Å². The molecule has 2 heterocycles. The highest BCUT2D eigenvalue weighted by Crippen LogP contribution is 2.24. The number of carbonyl (C=O) groups excluding carboxylic acids is 1. The number of fused-ring (bicyclic) bond motifs is 1. The molecule has 0 aliphatic heterocycles. The van der Waals surface area contributed by atoms with Crippen molar-refractivity contribution in [3.8, 4) is 0 Å². The van der Waals surface area contributed by atoms with Crippen LogP contribution >= 0.6 is 11.8 Å². The lowest BCUT2D eigenvalue weighted by Gasteiger charge is -2.17. The molecular formula is C12H16N4O3S. The van der Waals surface area contributed by atoms with Gasteiger partial charge in [-0.05, 0) is 20.1 Å². The summed E-state index contributed by atoms with van der Waals surface area (Å²) in [5.41, 5.74) is -0.429. The minimum Gasteiger partial charge on any atom is -0.463 e. The number of hydrogen-bond donors (Lipinski definition) is 1. The van der Waals surface area contributed by atoms with Crippen LogP contribution in [0.5, 0.6) is 0 Å². The van der Waals surface area contributed by atoms with Gasteiger partial charge >= 0.3 is 5.97 Å². The largest absolute Gasteiger partial charge is 0.463 e. The van der Waals surface area contributed by atoms with E-state index in [9.17, 15) is 9.90 Å². The monoisotopic (exact) mass is 296 g/mol. The zero-order valence-electron chi connectivity index (χ0n) is 11.7. The quantitative estimate of drug-likeness (QED) is 0.513. The molecule has 0 bridgehead atoms. The molecule has 1 N–H and O–H groups in total. The van der Waals surface area contributed by atoms with Crippen LogP contribution in [0.4, 0.5) is 0 Å². The van der Waals surface area contributed by atoms with Gasteiger partial charge in [0.2, 0.25) is 5.82 Å². The lowest BCUT2D eigenvalue weighted by molar-refractivity contribution is 0.0585. The number of rotatable bonds is 4. The van der Waals surface area contributed by atoms with Crippen molar-refractivity contribution < 1.29 is 14.6 Å². The fourth-order valence-electron chi connectivity index (χ4n) is 1.75. The third kappa shape index (κ3) is 2.91. The van der Waals surface area contributed by atoms with Crippen molar-refractivity contribution >= 4 is 28.8 Å². The second-order valence-corrected chi connectivity index (χ2v) is 5.69. The van der Waals surface area contributed by atoms with Crippen molar-refractivity contribution in [2.24, 2.45) is 0 Å². The maximum atomic E-state index is 11.6. The third-order valence-electron chi connectivity index (χ3n) is 2.56. The van der Waals surface area contributed by atoms with Gasteiger partial charge in [0.05, 0.1) is 30.8 Å². The predicted molar refractivity (Wildman–Crippen MR) is 74.7 cm³/mol. The molecule has 0 saturated carbocycles. The predicted octanol–water partition coefficient (Wildman–Crippen LogP) is 1.11. The van der Waals surface area contributed by atoms with Gasteiger partial charge < -0.3 is 9.84 Å². The molecule has 0 amide bonds. The second-order valence-electron chi connectivity index (χ2n) is 4.90. The minimum absolute atomic E-state index is 0.0122. The number of esters is 1. The molecule has 0 aromatic carbocycles. The molecule has 0 aliphatic carbocycles. The maximum Gasteiger partial charge on any atom is 0.376 e. The molecule has 0 saturated heterocycles. The number of carbonyl (C=O) groups is 1. The summed E-state index contributed by atoms with van der Waals surface area (Å²) in [4.78, 5) is 20.0. The van der Waals surface area contributed by atoms with Crippen LogP contribution in [0.1, 0.15) is 24.5 Å². The average Bonchev–Trinajstić information content (AvgIpc) is 2.78. The van der Waals surface area contributed by atoms with E-state index in [4.69, 9.17) is 0 Å². The average molecular weight is 296 g/mol. The van der Waals surface area contributed by atoms with E-state index >= 15 is 0 Å². The summed E-state index contributed by atoms with van der Waals surface area (Å²) in [6.45, 7) is 3.62. The number of nitrogens with zero attached hydrogens (tertiary/aromatic N) is 4. The first-order valence-corrected chi connectivity index (χ1v) is 7.16. The number of ether oxygens (including phenoxy) is 1. The van der Waals surface area contributed by atoms with Gasteiger partial charge in [-0.25, -0.2) is 19.4 Å². The standard InChI is InChI=1S/C12H16N4O3S/c1-12(2,18)6-16-9-7(5-13-16)10(20-4)15-8(14-9)11(17)19-3/h5,18H,6H2,1-4H3. The molecule has 0 atom stereocenters. The Kier molecular flexibility index (Phi) is 3.96. The summed E-state index contributed by atoms with van der Waals surface area (Å²) in [6.07, 6.45) is 3.49. The Balaban J connectivity index is 2.60. The highest BCUT2D eigenvalue weighted by molar-refractivity contribution is 7.98. The highest BCUT2D eigenvalue weighted by Gasteiger charge is 2.20. The van der Waals surface area contributed by atoms with Crippen molar-refractivity contribution in [2.45, 2.75) is 31.0 Å². The summed E-state index contributed by atoms with van der Waals surface area (Å²) in [5, 5.41) is 15.5. The van der Waals surface area contributed by atoms with E-state index in [2.05, 4.69) is 19.8 Å². The summed E-state index contributed by atoms with van der Waals surface area (Å²) in [5.74, 6) is -0.611. The van der Waals surface area contributed by atoms with Crippen LogP contribution in [0.25, 0.3) is 11.0 Å². The molecule has 0 aliphatic rings. The van der Waals surface area contributed by atoms with Gasteiger partial charge in [0.25, 0.3) is 0 Å². The Morgan fingerprint density at radius 3 is 2.75 bits per heavy atom. The molecule has 2 aromatic rings. The van der Waals surface area contributed by atoms with E-state index in [1.807, 2.05) is 6.26 Å². The van der Waals surface area contributed by atoms with Gasteiger partial charge in [0.1, 0.15) is 5.03 Å². The zero-order valence-corrected chi connectivity index (χ0v) is 12.6. The normalized spacial score (nSPS) is 11.8. The molecule has 0 radical (unpaired) electrons.